The van der Waals surface area contributed by atoms with E-state index in [2.05, 4.69) is 57.5 Å². The fourth-order valence-corrected chi connectivity index (χ4v) is 8.39. The van der Waals surface area contributed by atoms with E-state index in [0.717, 1.165) is 77.0 Å². The summed E-state index contributed by atoms with van der Waals surface area (Å²) < 4.78 is 0. The van der Waals surface area contributed by atoms with Gasteiger partial charge in [-0.15, -0.1) is 0 Å². The van der Waals surface area contributed by atoms with Crippen molar-refractivity contribution < 1.29 is 14.4 Å². The highest BCUT2D eigenvalue weighted by Gasteiger charge is 2.34. The summed E-state index contributed by atoms with van der Waals surface area (Å²) in [6.07, 6.45) is 17.1. The first kappa shape index (κ1) is 34.9. The Bertz CT molecular complexity index is 795. The Hall–Kier alpha value is -1.59. The summed E-state index contributed by atoms with van der Waals surface area (Å²) in [5, 5.41) is 10.0. The van der Waals surface area contributed by atoms with Gasteiger partial charge in [0.25, 0.3) is 0 Å². The standard InChI is InChI=1S/C36H65N3O3/c1-24(2)19-27-13-7-10-16-31(27)37-34(40)22-30(36(42)39-33-18-12-9-15-29(33)21-26(5)6)23-35(41)38-32-17-11-8-14-28(32)20-25(3)4/h24-33H,7-23H2,1-6H3,(H,37,40)(H,38,41)(H,39,42). The average molecular weight is 588 g/mol. The fourth-order valence-electron chi connectivity index (χ4n) is 8.39. The van der Waals surface area contributed by atoms with Gasteiger partial charge in [0.2, 0.25) is 17.7 Å². The van der Waals surface area contributed by atoms with Crippen LogP contribution in [0.25, 0.3) is 0 Å². The smallest absolute Gasteiger partial charge is 0.224 e. The molecule has 0 heterocycles. The Morgan fingerprint density at radius 2 is 0.810 bits per heavy atom. The SMILES string of the molecule is CC(C)CC1CCCCC1NC(=O)CC(CC(=O)NC1CCCCC1CC(C)C)C(=O)NC1CCCCC1CC(C)C. The van der Waals surface area contributed by atoms with Crippen LogP contribution in [0.15, 0.2) is 0 Å². The zero-order valence-corrected chi connectivity index (χ0v) is 28.0. The normalized spacial score (nSPS) is 29.4. The maximum absolute atomic E-state index is 13.8. The molecule has 3 amide bonds. The number of nitrogens with one attached hydrogen (secondary N) is 3. The highest BCUT2D eigenvalue weighted by molar-refractivity contribution is 5.90. The summed E-state index contributed by atoms with van der Waals surface area (Å²) in [6, 6.07) is 0.503. The van der Waals surface area contributed by atoms with Gasteiger partial charge in [0, 0.05) is 31.0 Å². The van der Waals surface area contributed by atoms with Crippen molar-refractivity contribution in [3.05, 3.63) is 0 Å². The molecule has 3 rings (SSSR count). The molecule has 0 aromatic carbocycles. The van der Waals surface area contributed by atoms with Gasteiger partial charge in [0.1, 0.15) is 0 Å². The maximum Gasteiger partial charge on any atom is 0.224 e. The lowest BCUT2D eigenvalue weighted by atomic mass is 9.79. The van der Waals surface area contributed by atoms with Gasteiger partial charge in [-0.3, -0.25) is 14.4 Å². The zero-order chi connectivity index (χ0) is 30.6. The van der Waals surface area contributed by atoms with Crippen molar-refractivity contribution in [3.63, 3.8) is 0 Å². The van der Waals surface area contributed by atoms with E-state index >= 15 is 0 Å². The Balaban J connectivity index is 1.69. The molecule has 6 unspecified atom stereocenters. The van der Waals surface area contributed by atoms with Crippen LogP contribution >= 0.6 is 0 Å². The van der Waals surface area contributed by atoms with Gasteiger partial charge in [0.05, 0.1) is 5.92 Å². The van der Waals surface area contributed by atoms with Gasteiger partial charge in [0.15, 0.2) is 0 Å². The molecule has 6 atom stereocenters. The highest BCUT2D eigenvalue weighted by Crippen LogP contribution is 2.32. The monoisotopic (exact) mass is 588 g/mol. The van der Waals surface area contributed by atoms with Crippen LogP contribution < -0.4 is 16.0 Å². The summed E-state index contributed by atoms with van der Waals surface area (Å²) in [5.74, 6) is 2.39. The van der Waals surface area contributed by atoms with Gasteiger partial charge in [-0.2, -0.15) is 0 Å². The van der Waals surface area contributed by atoms with E-state index in [1.54, 1.807) is 0 Å². The van der Waals surface area contributed by atoms with Crippen molar-refractivity contribution in [2.75, 3.05) is 0 Å². The molecule has 3 aliphatic rings. The maximum atomic E-state index is 13.8. The van der Waals surface area contributed by atoms with Crippen molar-refractivity contribution in [2.24, 2.45) is 41.4 Å². The molecule has 3 fully saturated rings. The molecule has 0 aliphatic heterocycles. The number of rotatable bonds is 14. The second-order valence-corrected chi connectivity index (χ2v) is 15.6. The molecule has 3 N–H and O–H groups in total. The van der Waals surface area contributed by atoms with E-state index in [1.165, 1.54) is 19.3 Å². The van der Waals surface area contributed by atoms with Crippen molar-refractivity contribution in [1.29, 1.82) is 0 Å². The summed E-state index contributed by atoms with van der Waals surface area (Å²) in [7, 11) is 0. The molecular weight excluding hydrogens is 522 g/mol. The predicted octanol–water partition coefficient (Wildman–Crippen LogP) is 7.55. The van der Waals surface area contributed by atoms with Gasteiger partial charge in [-0.25, -0.2) is 0 Å². The van der Waals surface area contributed by atoms with Crippen LogP contribution in [0.4, 0.5) is 0 Å². The molecule has 3 saturated carbocycles. The minimum atomic E-state index is -0.633. The lowest BCUT2D eigenvalue weighted by molar-refractivity contribution is -0.135. The van der Waals surface area contributed by atoms with Crippen molar-refractivity contribution in [2.45, 2.75) is 169 Å². The zero-order valence-electron chi connectivity index (χ0n) is 28.0. The van der Waals surface area contributed by atoms with Crippen LogP contribution in [-0.4, -0.2) is 35.8 Å². The van der Waals surface area contributed by atoms with Gasteiger partial charge >= 0.3 is 0 Å². The van der Waals surface area contributed by atoms with E-state index in [-0.39, 0.29) is 48.7 Å². The largest absolute Gasteiger partial charge is 0.353 e. The summed E-state index contributed by atoms with van der Waals surface area (Å²) in [6.45, 7) is 13.5. The molecule has 0 aromatic rings. The highest BCUT2D eigenvalue weighted by atomic mass is 16.2. The van der Waals surface area contributed by atoms with Crippen molar-refractivity contribution in [1.82, 2.24) is 16.0 Å². The van der Waals surface area contributed by atoms with E-state index < -0.39 is 5.92 Å². The van der Waals surface area contributed by atoms with Crippen molar-refractivity contribution in [3.8, 4) is 0 Å². The second kappa shape index (κ2) is 17.6. The average Bonchev–Trinajstić information content (AvgIpc) is 2.91. The first-order valence-electron chi connectivity index (χ1n) is 17.9. The minimum absolute atomic E-state index is 0.0682. The summed E-state index contributed by atoms with van der Waals surface area (Å²) in [5.41, 5.74) is 0. The molecular formula is C36H65N3O3. The number of carbonyl (C=O) groups is 3. The lowest BCUT2D eigenvalue weighted by Gasteiger charge is -2.35. The van der Waals surface area contributed by atoms with Crippen LogP contribution in [0.3, 0.4) is 0 Å². The van der Waals surface area contributed by atoms with E-state index in [4.69, 9.17) is 0 Å². The topological polar surface area (TPSA) is 87.3 Å². The Morgan fingerprint density at radius 3 is 1.14 bits per heavy atom. The Labute approximate surface area is 258 Å². The summed E-state index contributed by atoms with van der Waals surface area (Å²) in [4.78, 5) is 40.8. The minimum Gasteiger partial charge on any atom is -0.353 e. The molecule has 0 bridgehead atoms. The van der Waals surface area contributed by atoms with E-state index in [0.29, 0.717) is 35.5 Å². The number of hydrogen-bond acceptors (Lipinski definition) is 3. The van der Waals surface area contributed by atoms with Crippen LogP contribution in [0, 0.1) is 41.4 Å². The van der Waals surface area contributed by atoms with Gasteiger partial charge in [-0.05, 0) is 93.3 Å². The van der Waals surface area contributed by atoms with E-state index in [9.17, 15) is 14.4 Å². The third-order valence-corrected chi connectivity index (χ3v) is 10.3. The second-order valence-electron chi connectivity index (χ2n) is 15.6. The summed E-state index contributed by atoms with van der Waals surface area (Å²) >= 11 is 0. The molecule has 0 saturated heterocycles. The molecule has 0 spiro atoms. The molecule has 3 aliphatic carbocycles. The third kappa shape index (κ3) is 11.8. The predicted molar refractivity (Wildman–Crippen MR) is 173 cm³/mol. The Kier molecular flexibility index (Phi) is 14.7. The fraction of sp³-hybridized carbons (Fsp3) is 0.917. The van der Waals surface area contributed by atoms with Gasteiger partial charge in [-0.1, -0.05) is 80.1 Å². The first-order valence-corrected chi connectivity index (χ1v) is 17.9. The molecule has 242 valence electrons. The molecule has 0 aromatic heterocycles. The van der Waals surface area contributed by atoms with Crippen LogP contribution in [-0.2, 0) is 14.4 Å². The quantitative estimate of drug-likeness (QED) is 0.196. The van der Waals surface area contributed by atoms with Crippen molar-refractivity contribution >= 4 is 17.7 Å². The van der Waals surface area contributed by atoms with E-state index in [1.807, 2.05) is 0 Å². The molecule has 0 radical (unpaired) electrons. The first-order chi connectivity index (χ1) is 20.0. The van der Waals surface area contributed by atoms with Crippen LogP contribution in [0.1, 0.15) is 151 Å². The molecule has 42 heavy (non-hydrogen) atoms. The number of amides is 3. The lowest BCUT2D eigenvalue weighted by Crippen LogP contribution is -2.49. The molecule has 6 heteroatoms. The number of hydrogen-bond donors (Lipinski definition) is 3. The molecule has 6 nitrogen and oxygen atoms in total. The number of carbonyl (C=O) groups excluding carboxylic acids is 3. The third-order valence-electron chi connectivity index (χ3n) is 10.3. The van der Waals surface area contributed by atoms with Gasteiger partial charge < -0.3 is 16.0 Å². The Morgan fingerprint density at radius 1 is 0.500 bits per heavy atom. The van der Waals surface area contributed by atoms with Crippen LogP contribution in [0.2, 0.25) is 0 Å². The van der Waals surface area contributed by atoms with Crippen LogP contribution in [0.5, 0.6) is 0 Å².